The molecule has 21 heavy (non-hydrogen) atoms. The van der Waals surface area contributed by atoms with Crippen LogP contribution < -0.4 is 5.56 Å². The smallest absolute Gasteiger partial charge is 0.266 e. The summed E-state index contributed by atoms with van der Waals surface area (Å²) in [5.74, 6) is 0.537. The van der Waals surface area contributed by atoms with Crippen molar-refractivity contribution < 1.29 is 0 Å². The minimum absolute atomic E-state index is 0.199. The highest BCUT2D eigenvalue weighted by molar-refractivity contribution is 9.11. The highest BCUT2D eigenvalue weighted by Crippen LogP contribution is 2.28. The first-order chi connectivity index (χ1) is 10.2. The van der Waals surface area contributed by atoms with E-state index < -0.39 is 0 Å². The van der Waals surface area contributed by atoms with Crippen LogP contribution in [-0.4, -0.2) is 9.97 Å². The number of aromatic amines is 1. The van der Waals surface area contributed by atoms with E-state index in [1.54, 1.807) is 0 Å². The van der Waals surface area contributed by atoms with Crippen LogP contribution in [0.25, 0.3) is 22.6 Å². The average Bonchev–Trinajstić information content (AvgIpc) is 2.51. The van der Waals surface area contributed by atoms with Gasteiger partial charge in [0, 0.05) is 15.6 Å². The summed E-state index contributed by atoms with van der Waals surface area (Å²) in [5, 5.41) is 0. The van der Waals surface area contributed by atoms with Gasteiger partial charge in [-0.25, -0.2) is 4.98 Å². The summed E-state index contributed by atoms with van der Waals surface area (Å²) in [7, 11) is 0. The minimum Gasteiger partial charge on any atom is -0.305 e. The van der Waals surface area contributed by atoms with Crippen LogP contribution in [0.2, 0.25) is 0 Å². The number of hydrogen-bond donors (Lipinski definition) is 1. The number of hydrogen-bond acceptors (Lipinski definition) is 2. The van der Waals surface area contributed by atoms with Crippen LogP contribution >= 0.6 is 31.9 Å². The largest absolute Gasteiger partial charge is 0.305 e. The van der Waals surface area contributed by atoms with Gasteiger partial charge in [-0.05, 0) is 22.0 Å². The highest BCUT2D eigenvalue weighted by Gasteiger charge is 2.13. The lowest BCUT2D eigenvalue weighted by Gasteiger charge is -2.08. The van der Waals surface area contributed by atoms with Crippen LogP contribution in [0.5, 0.6) is 0 Å². The maximum absolute atomic E-state index is 12.2. The number of H-pyrrole nitrogens is 1. The van der Waals surface area contributed by atoms with Gasteiger partial charge in [0.05, 0.1) is 5.69 Å². The van der Waals surface area contributed by atoms with Gasteiger partial charge in [0.15, 0.2) is 0 Å². The second-order valence-electron chi connectivity index (χ2n) is 4.42. The fourth-order valence-corrected chi connectivity index (χ4v) is 2.92. The van der Waals surface area contributed by atoms with Crippen LogP contribution in [0.4, 0.5) is 0 Å². The molecule has 0 spiro atoms. The molecule has 0 bridgehead atoms. The quantitative estimate of drug-likeness (QED) is 0.675. The Hall–Kier alpha value is -1.72. The highest BCUT2D eigenvalue weighted by atomic mass is 79.9. The summed E-state index contributed by atoms with van der Waals surface area (Å²) in [4.78, 5) is 19.6. The number of benzene rings is 2. The van der Waals surface area contributed by atoms with Crippen molar-refractivity contribution >= 4 is 31.9 Å². The summed E-state index contributed by atoms with van der Waals surface area (Å²) in [5.41, 5.74) is 2.17. The topological polar surface area (TPSA) is 45.8 Å². The molecule has 104 valence electrons. The lowest BCUT2D eigenvalue weighted by Crippen LogP contribution is -2.12. The molecule has 0 atom stereocenters. The number of rotatable bonds is 2. The molecule has 3 rings (SSSR count). The van der Waals surface area contributed by atoms with Crippen molar-refractivity contribution in [3.8, 4) is 22.6 Å². The SMILES string of the molecule is O=c1[nH]c(-c2ccccc2Br)nc(-c2ccccc2)c1Br. The molecule has 0 amide bonds. The predicted molar refractivity (Wildman–Crippen MR) is 91.1 cm³/mol. The molecule has 0 aliphatic rings. The van der Waals surface area contributed by atoms with E-state index >= 15 is 0 Å². The summed E-state index contributed by atoms with van der Waals surface area (Å²) in [6.45, 7) is 0. The Bertz CT molecular complexity index is 844. The van der Waals surface area contributed by atoms with Crippen molar-refractivity contribution in [3.63, 3.8) is 0 Å². The third-order valence-electron chi connectivity index (χ3n) is 3.04. The van der Waals surface area contributed by atoms with Crippen molar-refractivity contribution in [1.29, 1.82) is 0 Å². The first-order valence-electron chi connectivity index (χ1n) is 6.27. The Morgan fingerprint density at radius 3 is 2.29 bits per heavy atom. The molecule has 2 aromatic carbocycles. The third kappa shape index (κ3) is 2.84. The second kappa shape index (κ2) is 5.95. The van der Waals surface area contributed by atoms with Crippen LogP contribution in [0.15, 0.2) is 68.3 Å². The van der Waals surface area contributed by atoms with Crippen LogP contribution in [0.1, 0.15) is 0 Å². The van der Waals surface area contributed by atoms with E-state index in [4.69, 9.17) is 0 Å². The fourth-order valence-electron chi connectivity index (χ4n) is 2.03. The maximum Gasteiger partial charge on any atom is 0.266 e. The predicted octanol–water partition coefficient (Wildman–Crippen LogP) is 4.63. The first kappa shape index (κ1) is 14.2. The average molecular weight is 406 g/mol. The Morgan fingerprint density at radius 2 is 1.57 bits per heavy atom. The Balaban J connectivity index is 2.24. The monoisotopic (exact) mass is 404 g/mol. The number of halogens is 2. The van der Waals surface area contributed by atoms with E-state index in [1.165, 1.54) is 0 Å². The Labute approximate surface area is 138 Å². The molecule has 5 heteroatoms. The summed E-state index contributed by atoms with van der Waals surface area (Å²) in [6.07, 6.45) is 0. The van der Waals surface area contributed by atoms with E-state index in [0.717, 1.165) is 15.6 Å². The van der Waals surface area contributed by atoms with Crippen molar-refractivity contribution in [2.45, 2.75) is 0 Å². The number of nitrogens with one attached hydrogen (secondary N) is 1. The van der Waals surface area contributed by atoms with E-state index in [1.807, 2.05) is 54.6 Å². The standard InChI is InChI=1S/C16H10Br2N2O/c17-12-9-5-4-8-11(12)15-19-14(13(18)16(21)20-15)10-6-2-1-3-7-10/h1-9H,(H,19,20,21). The molecule has 0 fully saturated rings. The van der Waals surface area contributed by atoms with Gasteiger partial charge < -0.3 is 4.98 Å². The normalized spacial score (nSPS) is 10.6. The molecule has 1 aromatic heterocycles. The molecule has 0 unspecified atom stereocenters. The molecule has 1 N–H and O–H groups in total. The molecule has 0 aliphatic heterocycles. The number of nitrogens with zero attached hydrogens (tertiary/aromatic N) is 1. The number of aromatic nitrogens is 2. The second-order valence-corrected chi connectivity index (χ2v) is 6.07. The molecule has 0 aliphatic carbocycles. The summed E-state index contributed by atoms with van der Waals surface area (Å²) in [6, 6.07) is 17.3. The molecule has 3 nitrogen and oxygen atoms in total. The zero-order chi connectivity index (χ0) is 14.8. The van der Waals surface area contributed by atoms with Gasteiger partial charge in [-0.2, -0.15) is 0 Å². The Kier molecular flexibility index (Phi) is 4.03. The van der Waals surface area contributed by atoms with E-state index in [9.17, 15) is 4.79 Å². The molecular formula is C16H10Br2N2O. The van der Waals surface area contributed by atoms with Gasteiger partial charge in [-0.3, -0.25) is 4.79 Å². The van der Waals surface area contributed by atoms with Crippen LogP contribution in [-0.2, 0) is 0 Å². The molecule has 0 radical (unpaired) electrons. The maximum atomic E-state index is 12.2. The van der Waals surface area contributed by atoms with Crippen LogP contribution in [0, 0.1) is 0 Å². The zero-order valence-corrected chi connectivity index (χ0v) is 14.0. The fraction of sp³-hybridized carbons (Fsp3) is 0. The van der Waals surface area contributed by atoms with Crippen molar-refractivity contribution in [2.75, 3.05) is 0 Å². The van der Waals surface area contributed by atoms with Crippen molar-refractivity contribution in [3.05, 3.63) is 73.9 Å². The molecule has 3 aromatic rings. The van der Waals surface area contributed by atoms with E-state index in [-0.39, 0.29) is 5.56 Å². The lowest BCUT2D eigenvalue weighted by molar-refractivity contribution is 1.11. The Morgan fingerprint density at radius 1 is 0.905 bits per heavy atom. The van der Waals surface area contributed by atoms with Gasteiger partial charge in [0.25, 0.3) is 5.56 Å². The van der Waals surface area contributed by atoms with Gasteiger partial charge in [-0.15, -0.1) is 0 Å². The summed E-state index contributed by atoms with van der Waals surface area (Å²) < 4.78 is 1.32. The lowest BCUT2D eigenvalue weighted by atomic mass is 10.1. The zero-order valence-electron chi connectivity index (χ0n) is 10.8. The molecular weight excluding hydrogens is 396 g/mol. The van der Waals surface area contributed by atoms with Crippen molar-refractivity contribution in [1.82, 2.24) is 9.97 Å². The molecule has 0 saturated heterocycles. The summed E-state index contributed by atoms with van der Waals surface area (Å²) >= 11 is 6.81. The van der Waals surface area contributed by atoms with Crippen LogP contribution in [0.3, 0.4) is 0 Å². The van der Waals surface area contributed by atoms with Gasteiger partial charge in [0.2, 0.25) is 0 Å². The minimum atomic E-state index is -0.199. The van der Waals surface area contributed by atoms with Crippen molar-refractivity contribution in [2.24, 2.45) is 0 Å². The van der Waals surface area contributed by atoms with E-state index in [2.05, 4.69) is 41.8 Å². The van der Waals surface area contributed by atoms with Gasteiger partial charge >= 0.3 is 0 Å². The third-order valence-corrected chi connectivity index (χ3v) is 4.47. The van der Waals surface area contributed by atoms with Gasteiger partial charge in [-0.1, -0.05) is 64.5 Å². The first-order valence-corrected chi connectivity index (χ1v) is 7.85. The van der Waals surface area contributed by atoms with Gasteiger partial charge in [0.1, 0.15) is 10.3 Å². The molecule has 1 heterocycles. The van der Waals surface area contributed by atoms with E-state index in [0.29, 0.717) is 16.0 Å². The molecule has 0 saturated carbocycles.